The molecule has 0 fully saturated rings. The summed E-state index contributed by atoms with van der Waals surface area (Å²) in [5.41, 5.74) is 0.565. The van der Waals surface area contributed by atoms with Gasteiger partial charge in [0.1, 0.15) is 12.3 Å². The maximum absolute atomic E-state index is 12.4. The number of thiazole rings is 1. The molecule has 3 rings (SSSR count). The molecule has 0 N–H and O–H groups in total. The van der Waals surface area contributed by atoms with Crippen LogP contribution in [0.3, 0.4) is 0 Å². The quantitative estimate of drug-likeness (QED) is 0.479. The number of hydrogen-bond donors (Lipinski definition) is 0. The Kier molecular flexibility index (Phi) is 7.14. The Labute approximate surface area is 187 Å². The van der Waals surface area contributed by atoms with Gasteiger partial charge in [-0.25, -0.2) is 8.42 Å². The Balaban J connectivity index is 1.96. The van der Waals surface area contributed by atoms with Crippen molar-refractivity contribution in [2.45, 2.75) is 18.4 Å². The highest BCUT2D eigenvalue weighted by Crippen LogP contribution is 2.22. The van der Waals surface area contributed by atoms with E-state index in [1.807, 2.05) is 0 Å². The zero-order valence-corrected chi connectivity index (χ0v) is 19.1. The molecule has 0 bridgehead atoms. The lowest BCUT2D eigenvalue weighted by atomic mass is 10.3. The second-order valence-corrected chi connectivity index (χ2v) is 9.89. The van der Waals surface area contributed by atoms with Gasteiger partial charge in [0, 0.05) is 11.3 Å². The summed E-state index contributed by atoms with van der Waals surface area (Å²) in [6.07, 6.45) is 1.11. The minimum absolute atomic E-state index is 0.133. The number of benzene rings is 2. The lowest BCUT2D eigenvalue weighted by Crippen LogP contribution is -2.24. The van der Waals surface area contributed by atoms with Gasteiger partial charge in [-0.05, 0) is 49.4 Å². The lowest BCUT2D eigenvalue weighted by Gasteiger charge is -2.06. The molecule has 0 saturated carbocycles. The van der Waals surface area contributed by atoms with Gasteiger partial charge in [-0.3, -0.25) is 9.59 Å². The molecule has 164 valence electrons. The van der Waals surface area contributed by atoms with E-state index in [2.05, 4.69) is 4.99 Å². The van der Waals surface area contributed by atoms with Gasteiger partial charge < -0.3 is 14.0 Å². The summed E-state index contributed by atoms with van der Waals surface area (Å²) in [4.78, 5) is 28.9. The fourth-order valence-corrected chi connectivity index (χ4v) is 4.61. The van der Waals surface area contributed by atoms with Gasteiger partial charge in [-0.1, -0.05) is 22.9 Å². The molecular weight excluding hydrogens is 464 g/mol. The number of aromatic nitrogens is 1. The number of ether oxygens (including phenoxy) is 2. The molecule has 2 aromatic carbocycles. The first-order valence-electron chi connectivity index (χ1n) is 9.12. The molecule has 0 spiro atoms. The van der Waals surface area contributed by atoms with Crippen LogP contribution in [0.25, 0.3) is 10.2 Å². The smallest absolute Gasteiger partial charge is 0.326 e. The number of fused-ring (bicyclic) bond motifs is 1. The highest BCUT2D eigenvalue weighted by atomic mass is 35.5. The van der Waals surface area contributed by atoms with Gasteiger partial charge >= 0.3 is 5.97 Å². The maximum atomic E-state index is 12.4. The first-order valence-corrected chi connectivity index (χ1v) is 12.2. The second kappa shape index (κ2) is 9.63. The summed E-state index contributed by atoms with van der Waals surface area (Å²) in [6, 6.07) is 11.0. The Morgan fingerprint density at radius 3 is 2.52 bits per heavy atom. The Bertz CT molecular complexity index is 1290. The molecule has 0 saturated heterocycles. The van der Waals surface area contributed by atoms with Crippen LogP contribution < -0.4 is 9.54 Å². The van der Waals surface area contributed by atoms with E-state index in [1.54, 1.807) is 37.3 Å². The van der Waals surface area contributed by atoms with E-state index in [-0.39, 0.29) is 29.5 Å². The number of rotatable bonds is 7. The summed E-state index contributed by atoms with van der Waals surface area (Å²) >= 11 is 6.92. The number of nitrogens with zero attached hydrogens (tertiary/aromatic N) is 2. The summed E-state index contributed by atoms with van der Waals surface area (Å²) in [7, 11) is -3.42. The molecule has 11 heteroatoms. The monoisotopic (exact) mass is 482 g/mol. The van der Waals surface area contributed by atoms with Crippen LogP contribution in [-0.2, 0) is 30.7 Å². The zero-order chi connectivity index (χ0) is 22.6. The maximum Gasteiger partial charge on any atom is 0.326 e. The Morgan fingerprint density at radius 2 is 1.87 bits per heavy atom. The van der Waals surface area contributed by atoms with Crippen LogP contribution in [0.2, 0.25) is 5.02 Å². The van der Waals surface area contributed by atoms with Crippen LogP contribution in [0.15, 0.2) is 52.4 Å². The minimum Gasteiger partial charge on any atom is -0.484 e. The van der Waals surface area contributed by atoms with E-state index in [9.17, 15) is 18.0 Å². The summed E-state index contributed by atoms with van der Waals surface area (Å²) in [6.45, 7) is 1.41. The van der Waals surface area contributed by atoms with Crippen molar-refractivity contribution in [3.05, 3.63) is 52.3 Å². The number of sulfone groups is 1. The van der Waals surface area contributed by atoms with E-state index in [0.717, 1.165) is 17.6 Å². The Morgan fingerprint density at radius 1 is 1.16 bits per heavy atom. The van der Waals surface area contributed by atoms with Crippen molar-refractivity contribution < 1.29 is 27.5 Å². The van der Waals surface area contributed by atoms with Crippen LogP contribution in [-0.4, -0.2) is 44.3 Å². The molecule has 1 amide bonds. The molecule has 1 heterocycles. The third-order valence-electron chi connectivity index (χ3n) is 4.07. The number of amides is 1. The fourth-order valence-electron chi connectivity index (χ4n) is 2.67. The SMILES string of the molecule is CCOC(=O)Cn1c(=NC(=O)COc2ccc(Cl)cc2)sc2cc(S(C)(=O)=O)ccc21. The van der Waals surface area contributed by atoms with E-state index in [4.69, 9.17) is 21.1 Å². The van der Waals surface area contributed by atoms with Crippen molar-refractivity contribution in [3.63, 3.8) is 0 Å². The molecular formula is C20H19ClN2O6S2. The highest BCUT2D eigenvalue weighted by Gasteiger charge is 2.15. The standard InChI is InChI=1S/C20H19ClN2O6S2/c1-3-28-19(25)11-23-16-9-8-15(31(2,26)27)10-17(16)30-20(23)22-18(24)12-29-14-6-4-13(21)5-7-14/h4-10H,3,11-12H2,1-2H3. The molecule has 8 nitrogen and oxygen atoms in total. The molecule has 0 aliphatic carbocycles. The van der Waals surface area contributed by atoms with Crippen LogP contribution >= 0.6 is 22.9 Å². The number of carbonyl (C=O) groups is 2. The normalized spacial score (nSPS) is 12.2. The van der Waals surface area contributed by atoms with Gasteiger partial charge in [-0.15, -0.1) is 0 Å². The number of esters is 1. The minimum atomic E-state index is -3.42. The van der Waals surface area contributed by atoms with E-state index in [1.165, 1.54) is 16.7 Å². The van der Waals surface area contributed by atoms with E-state index < -0.39 is 21.7 Å². The van der Waals surface area contributed by atoms with E-state index in [0.29, 0.717) is 21.0 Å². The number of carbonyl (C=O) groups excluding carboxylic acids is 2. The largest absolute Gasteiger partial charge is 0.484 e. The average Bonchev–Trinajstić information content (AvgIpc) is 3.03. The van der Waals surface area contributed by atoms with Gasteiger partial charge in [0.25, 0.3) is 5.91 Å². The Hall–Kier alpha value is -2.69. The van der Waals surface area contributed by atoms with Crippen LogP contribution in [0.5, 0.6) is 5.75 Å². The molecule has 1 aromatic heterocycles. The molecule has 0 aliphatic heterocycles. The van der Waals surface area contributed by atoms with Gasteiger partial charge in [0.2, 0.25) is 0 Å². The predicted molar refractivity (Wildman–Crippen MR) is 117 cm³/mol. The molecule has 31 heavy (non-hydrogen) atoms. The van der Waals surface area contributed by atoms with Crippen LogP contribution in [0.1, 0.15) is 6.92 Å². The summed E-state index contributed by atoms with van der Waals surface area (Å²) in [5, 5.41) is 0.544. The van der Waals surface area contributed by atoms with Gasteiger partial charge in [0.15, 0.2) is 21.2 Å². The third-order valence-corrected chi connectivity index (χ3v) is 6.47. The second-order valence-electron chi connectivity index (χ2n) is 6.43. The lowest BCUT2D eigenvalue weighted by molar-refractivity contribution is -0.143. The molecule has 0 atom stereocenters. The fraction of sp³-hybridized carbons (Fsp3) is 0.250. The van der Waals surface area contributed by atoms with Crippen molar-refractivity contribution in [3.8, 4) is 5.75 Å². The van der Waals surface area contributed by atoms with Crippen molar-refractivity contribution in [1.29, 1.82) is 0 Å². The van der Waals surface area contributed by atoms with Crippen molar-refractivity contribution in [2.24, 2.45) is 4.99 Å². The number of hydrogen-bond acceptors (Lipinski definition) is 7. The van der Waals surface area contributed by atoms with Crippen molar-refractivity contribution in [2.75, 3.05) is 19.5 Å². The molecule has 0 unspecified atom stereocenters. The summed E-state index contributed by atoms with van der Waals surface area (Å²) < 4.78 is 36.2. The molecule has 3 aromatic rings. The number of halogens is 1. The predicted octanol–water partition coefficient (Wildman–Crippen LogP) is 2.83. The highest BCUT2D eigenvalue weighted by molar-refractivity contribution is 7.90. The van der Waals surface area contributed by atoms with Crippen molar-refractivity contribution >= 4 is 54.9 Å². The zero-order valence-electron chi connectivity index (χ0n) is 16.7. The third kappa shape index (κ3) is 5.93. The molecule has 0 aliphatic rings. The van der Waals surface area contributed by atoms with Crippen LogP contribution in [0.4, 0.5) is 0 Å². The average molecular weight is 483 g/mol. The van der Waals surface area contributed by atoms with Crippen molar-refractivity contribution in [1.82, 2.24) is 4.57 Å². The molecule has 0 radical (unpaired) electrons. The topological polar surface area (TPSA) is 104 Å². The van der Waals surface area contributed by atoms with E-state index >= 15 is 0 Å². The van der Waals surface area contributed by atoms with Gasteiger partial charge in [0.05, 0.1) is 21.7 Å². The summed E-state index contributed by atoms with van der Waals surface area (Å²) in [5.74, 6) is -0.607. The van der Waals surface area contributed by atoms with Gasteiger partial charge in [-0.2, -0.15) is 4.99 Å². The first-order chi connectivity index (χ1) is 14.7. The first kappa shape index (κ1) is 23.0. The van der Waals surface area contributed by atoms with Crippen LogP contribution in [0, 0.1) is 0 Å².